The third-order valence-electron chi connectivity index (χ3n) is 4.34. The van der Waals surface area contributed by atoms with Gasteiger partial charge in [-0.25, -0.2) is 5.43 Å². The summed E-state index contributed by atoms with van der Waals surface area (Å²) >= 11 is 23.8. The largest absolute Gasteiger partial charge is 0.482 e. The molecule has 170 valence electrons. The number of hydrogen-bond donors (Lipinski definition) is 2. The topological polar surface area (TPSA) is 79.8 Å². The van der Waals surface area contributed by atoms with Gasteiger partial charge in [-0.3, -0.25) is 9.59 Å². The molecule has 10 heteroatoms. The van der Waals surface area contributed by atoms with E-state index in [1.807, 2.05) is 0 Å². The maximum atomic E-state index is 12.4. The van der Waals surface area contributed by atoms with Crippen molar-refractivity contribution in [1.29, 1.82) is 0 Å². The van der Waals surface area contributed by atoms with Crippen molar-refractivity contribution in [2.75, 3.05) is 11.9 Å². The molecule has 0 saturated carbocycles. The number of carbonyl (C=O) groups excluding carboxylic acids is 2. The van der Waals surface area contributed by atoms with Gasteiger partial charge in [-0.15, -0.1) is 0 Å². The fourth-order valence-corrected chi connectivity index (χ4v) is 3.60. The van der Waals surface area contributed by atoms with Gasteiger partial charge in [-0.05, 0) is 61.0 Å². The molecule has 3 aromatic rings. The van der Waals surface area contributed by atoms with Crippen molar-refractivity contribution < 1.29 is 14.3 Å². The Hall–Kier alpha value is -2.77. The van der Waals surface area contributed by atoms with Crippen molar-refractivity contribution in [3.63, 3.8) is 0 Å². The van der Waals surface area contributed by atoms with Gasteiger partial charge in [0.1, 0.15) is 5.75 Å². The van der Waals surface area contributed by atoms with Crippen LogP contribution in [0.15, 0.2) is 65.8 Å². The van der Waals surface area contributed by atoms with Gasteiger partial charge in [0.25, 0.3) is 11.8 Å². The first-order valence-electron chi connectivity index (χ1n) is 9.51. The van der Waals surface area contributed by atoms with Gasteiger partial charge in [-0.2, -0.15) is 5.10 Å². The highest BCUT2D eigenvalue weighted by atomic mass is 35.5. The lowest BCUT2D eigenvalue weighted by molar-refractivity contribution is -0.123. The lowest BCUT2D eigenvalue weighted by Gasteiger charge is -2.09. The number of carbonyl (C=O) groups is 2. The number of ether oxygens (including phenoxy) is 1. The van der Waals surface area contributed by atoms with E-state index in [0.717, 1.165) is 5.56 Å². The molecule has 33 heavy (non-hydrogen) atoms. The van der Waals surface area contributed by atoms with Gasteiger partial charge in [0.05, 0.1) is 21.3 Å². The smallest absolute Gasteiger partial charge is 0.277 e. The maximum absolute atomic E-state index is 12.4. The molecule has 3 aromatic carbocycles. The minimum absolute atomic E-state index is 0.262. The van der Waals surface area contributed by atoms with E-state index in [1.165, 1.54) is 12.1 Å². The number of hydrogen-bond acceptors (Lipinski definition) is 4. The van der Waals surface area contributed by atoms with Crippen LogP contribution < -0.4 is 15.5 Å². The minimum atomic E-state index is -0.455. The Bertz CT molecular complexity index is 1210. The highest BCUT2D eigenvalue weighted by Gasteiger charge is 2.11. The van der Waals surface area contributed by atoms with Crippen molar-refractivity contribution >= 4 is 69.6 Å². The van der Waals surface area contributed by atoms with E-state index in [-0.39, 0.29) is 17.5 Å². The summed E-state index contributed by atoms with van der Waals surface area (Å²) in [6, 6.07) is 16.3. The van der Waals surface area contributed by atoms with E-state index >= 15 is 0 Å². The van der Waals surface area contributed by atoms with Crippen LogP contribution in [0.1, 0.15) is 22.8 Å². The first kappa shape index (κ1) is 24.9. The zero-order valence-electron chi connectivity index (χ0n) is 17.2. The standard InChI is InChI=1S/C23H17Cl4N3O3/c1-13(29-30-22(31)12-33-21-9-5-16(25)11-20(21)27)14-2-6-17(7-3-14)28-23(32)18-8-4-15(24)10-19(18)26/h2-11H,12H2,1H3,(H,28,32)(H,30,31)/b29-13-. The molecular formula is C23H17Cl4N3O3. The molecule has 0 aromatic heterocycles. The van der Waals surface area contributed by atoms with E-state index < -0.39 is 5.91 Å². The van der Waals surface area contributed by atoms with E-state index in [4.69, 9.17) is 51.1 Å². The predicted octanol–water partition coefficient (Wildman–Crippen LogP) is 6.47. The summed E-state index contributed by atoms with van der Waals surface area (Å²) in [6.07, 6.45) is 0. The molecule has 0 fully saturated rings. The number of halogens is 4. The summed E-state index contributed by atoms with van der Waals surface area (Å²) in [6.45, 7) is 1.47. The van der Waals surface area contributed by atoms with Crippen LogP contribution in [-0.4, -0.2) is 24.1 Å². The summed E-state index contributed by atoms with van der Waals surface area (Å²) in [7, 11) is 0. The van der Waals surface area contributed by atoms with Crippen molar-refractivity contribution in [2.45, 2.75) is 6.92 Å². The van der Waals surface area contributed by atoms with Crippen LogP contribution in [0.4, 0.5) is 5.69 Å². The second-order valence-corrected chi connectivity index (χ2v) is 8.44. The number of nitrogens with zero attached hydrogens (tertiary/aromatic N) is 1. The Kier molecular flexibility index (Phi) is 8.58. The molecule has 0 aliphatic heterocycles. The number of benzene rings is 3. The summed E-state index contributed by atoms with van der Waals surface area (Å²) in [5, 5.41) is 8.31. The highest BCUT2D eigenvalue weighted by Crippen LogP contribution is 2.27. The molecule has 0 radical (unpaired) electrons. The van der Waals surface area contributed by atoms with Crippen molar-refractivity contribution in [1.82, 2.24) is 5.43 Å². The molecule has 0 saturated heterocycles. The number of hydrazone groups is 1. The minimum Gasteiger partial charge on any atom is -0.482 e. The first-order chi connectivity index (χ1) is 15.7. The Morgan fingerprint density at radius 1 is 0.879 bits per heavy atom. The SMILES string of the molecule is C/C(=N/NC(=O)COc1ccc(Cl)cc1Cl)c1ccc(NC(=O)c2ccc(Cl)cc2Cl)cc1. The zero-order valence-corrected chi connectivity index (χ0v) is 20.2. The fraction of sp³-hybridized carbons (Fsp3) is 0.0870. The lowest BCUT2D eigenvalue weighted by atomic mass is 10.1. The van der Waals surface area contributed by atoms with Gasteiger partial charge in [0.2, 0.25) is 0 Å². The Labute approximate surface area is 210 Å². The molecule has 0 unspecified atom stereocenters. The molecule has 0 aliphatic rings. The van der Waals surface area contributed by atoms with Gasteiger partial charge in [-0.1, -0.05) is 58.5 Å². The van der Waals surface area contributed by atoms with Crippen LogP contribution in [0.5, 0.6) is 5.75 Å². The molecule has 0 aliphatic carbocycles. The zero-order chi connectivity index (χ0) is 24.0. The number of amides is 2. The normalized spacial score (nSPS) is 11.1. The molecule has 0 atom stereocenters. The van der Waals surface area contributed by atoms with Gasteiger partial charge >= 0.3 is 0 Å². The van der Waals surface area contributed by atoms with Crippen LogP contribution >= 0.6 is 46.4 Å². The van der Waals surface area contributed by atoms with Crippen LogP contribution in [0.2, 0.25) is 20.1 Å². The van der Waals surface area contributed by atoms with Crippen LogP contribution in [0, 0.1) is 0 Å². The van der Waals surface area contributed by atoms with Crippen LogP contribution in [-0.2, 0) is 4.79 Å². The predicted molar refractivity (Wildman–Crippen MR) is 133 cm³/mol. The van der Waals surface area contributed by atoms with Crippen LogP contribution in [0.3, 0.4) is 0 Å². The molecule has 3 rings (SSSR count). The quantitative estimate of drug-likeness (QED) is 0.274. The van der Waals surface area contributed by atoms with Gasteiger partial charge in [0, 0.05) is 15.7 Å². The molecule has 6 nitrogen and oxygen atoms in total. The maximum Gasteiger partial charge on any atom is 0.277 e. The number of rotatable bonds is 7. The van der Waals surface area contributed by atoms with E-state index in [0.29, 0.717) is 37.8 Å². The molecule has 0 heterocycles. The second-order valence-electron chi connectivity index (χ2n) is 6.75. The third kappa shape index (κ3) is 7.11. The summed E-state index contributed by atoms with van der Waals surface area (Å²) in [4.78, 5) is 24.4. The Morgan fingerprint density at radius 2 is 1.52 bits per heavy atom. The summed E-state index contributed by atoms with van der Waals surface area (Å²) < 4.78 is 5.37. The van der Waals surface area contributed by atoms with Crippen molar-refractivity contribution in [3.8, 4) is 5.75 Å². The molecule has 0 spiro atoms. The molecule has 0 bridgehead atoms. The fourth-order valence-electron chi connectivity index (χ4n) is 2.65. The average Bonchev–Trinajstić information content (AvgIpc) is 2.77. The average molecular weight is 525 g/mol. The second kappa shape index (κ2) is 11.4. The van der Waals surface area contributed by atoms with Crippen molar-refractivity contribution in [2.24, 2.45) is 5.10 Å². The van der Waals surface area contributed by atoms with E-state index in [9.17, 15) is 9.59 Å². The Balaban J connectivity index is 1.55. The highest BCUT2D eigenvalue weighted by molar-refractivity contribution is 6.37. The summed E-state index contributed by atoms with van der Waals surface area (Å²) in [5.74, 6) is -0.471. The molecular weight excluding hydrogens is 508 g/mol. The third-order valence-corrected chi connectivity index (χ3v) is 5.42. The van der Waals surface area contributed by atoms with Gasteiger partial charge < -0.3 is 10.1 Å². The van der Waals surface area contributed by atoms with E-state index in [1.54, 1.807) is 55.5 Å². The van der Waals surface area contributed by atoms with E-state index in [2.05, 4.69) is 15.8 Å². The molecule has 2 amide bonds. The van der Waals surface area contributed by atoms with Crippen molar-refractivity contribution in [3.05, 3.63) is 91.9 Å². The summed E-state index contributed by atoms with van der Waals surface area (Å²) in [5.41, 5.74) is 4.61. The van der Waals surface area contributed by atoms with Gasteiger partial charge in [0.15, 0.2) is 6.61 Å². The Morgan fingerprint density at radius 3 is 2.15 bits per heavy atom. The molecule has 2 N–H and O–H groups in total. The monoisotopic (exact) mass is 523 g/mol. The number of anilines is 1. The van der Waals surface area contributed by atoms with Crippen LogP contribution in [0.25, 0.3) is 0 Å². The lowest BCUT2D eigenvalue weighted by Crippen LogP contribution is -2.25. The first-order valence-corrected chi connectivity index (χ1v) is 11.0. The number of nitrogens with one attached hydrogen (secondary N) is 2.